The zero-order valence-corrected chi connectivity index (χ0v) is 19.5. The van der Waals surface area contributed by atoms with Crippen molar-refractivity contribution in [1.29, 1.82) is 0 Å². The van der Waals surface area contributed by atoms with Crippen LogP contribution in [0.5, 0.6) is 0 Å². The van der Waals surface area contributed by atoms with Crippen LogP contribution in [0.3, 0.4) is 0 Å². The molecule has 2 unspecified atom stereocenters. The summed E-state index contributed by atoms with van der Waals surface area (Å²) in [6, 6.07) is -1.55. The molecular formula is C22H33N3O5S. The fourth-order valence-corrected chi connectivity index (χ4v) is 4.85. The molecule has 2 amide bonds. The van der Waals surface area contributed by atoms with E-state index in [4.69, 9.17) is 9.47 Å². The van der Waals surface area contributed by atoms with Crippen molar-refractivity contribution >= 4 is 29.3 Å². The second-order valence-electron chi connectivity index (χ2n) is 9.45. The molecule has 2 aliphatic rings. The molecule has 0 spiro atoms. The number of rotatable bonds is 8. The number of carbonyl (C=O) groups excluding carboxylic acids is 3. The normalized spacial score (nSPS) is 20.2. The minimum atomic E-state index is -0.794. The summed E-state index contributed by atoms with van der Waals surface area (Å²) in [6.45, 7) is 5.31. The summed E-state index contributed by atoms with van der Waals surface area (Å²) >= 11 is 1.64. The van der Waals surface area contributed by atoms with Gasteiger partial charge < -0.3 is 20.1 Å². The van der Waals surface area contributed by atoms with Gasteiger partial charge in [-0.3, -0.25) is 4.79 Å². The molecule has 1 aromatic heterocycles. The van der Waals surface area contributed by atoms with Crippen molar-refractivity contribution < 1.29 is 23.9 Å². The number of carbonyl (C=O) groups is 3. The number of hydrogen-bond donors (Lipinski definition) is 2. The van der Waals surface area contributed by atoms with Crippen LogP contribution < -0.4 is 10.6 Å². The first-order valence-electron chi connectivity index (χ1n) is 11.0. The van der Waals surface area contributed by atoms with Crippen molar-refractivity contribution in [3.63, 3.8) is 0 Å². The second kappa shape index (κ2) is 9.97. The van der Waals surface area contributed by atoms with Crippen LogP contribution in [-0.2, 0) is 25.5 Å². The van der Waals surface area contributed by atoms with Gasteiger partial charge >= 0.3 is 12.1 Å². The molecule has 3 atom stereocenters. The molecular weight excluding hydrogens is 418 g/mol. The molecule has 1 heterocycles. The summed E-state index contributed by atoms with van der Waals surface area (Å²) in [5, 5.41) is 5.52. The Morgan fingerprint density at radius 1 is 1.16 bits per heavy atom. The number of alkyl carbamates (subject to hydrolysis) is 1. The molecule has 2 aliphatic carbocycles. The number of amides is 2. The Balaban J connectivity index is 1.67. The molecule has 0 radical (unpaired) electrons. The zero-order chi connectivity index (χ0) is 22.6. The van der Waals surface area contributed by atoms with Gasteiger partial charge in [-0.25, -0.2) is 14.6 Å². The van der Waals surface area contributed by atoms with Crippen LogP contribution >= 0.6 is 11.3 Å². The highest BCUT2D eigenvalue weighted by Gasteiger charge is 2.35. The third-order valence-electron chi connectivity index (χ3n) is 5.61. The van der Waals surface area contributed by atoms with E-state index < -0.39 is 29.7 Å². The first-order chi connectivity index (χ1) is 14.7. The molecule has 1 saturated carbocycles. The van der Waals surface area contributed by atoms with Gasteiger partial charge in [0.05, 0.1) is 18.3 Å². The summed E-state index contributed by atoms with van der Waals surface area (Å²) in [5.41, 5.74) is 2.21. The number of esters is 1. The van der Waals surface area contributed by atoms with E-state index in [0.717, 1.165) is 37.8 Å². The molecule has 2 N–H and O–H groups in total. The Morgan fingerprint density at radius 3 is 2.55 bits per heavy atom. The third kappa shape index (κ3) is 6.92. The van der Waals surface area contributed by atoms with Crippen molar-refractivity contribution in [3.05, 3.63) is 16.1 Å². The summed E-state index contributed by atoms with van der Waals surface area (Å²) in [7, 11) is 1.32. The molecule has 1 fully saturated rings. The maximum atomic E-state index is 13.1. The van der Waals surface area contributed by atoms with Crippen LogP contribution in [0.4, 0.5) is 4.79 Å². The van der Waals surface area contributed by atoms with E-state index in [-0.39, 0.29) is 11.8 Å². The number of nitrogens with one attached hydrogen (secondary N) is 2. The number of thiazole rings is 1. The van der Waals surface area contributed by atoms with Gasteiger partial charge in [0.1, 0.15) is 17.7 Å². The lowest BCUT2D eigenvalue weighted by atomic mass is 9.86. The lowest BCUT2D eigenvalue weighted by Gasteiger charge is -2.27. The van der Waals surface area contributed by atoms with Crippen LogP contribution in [0.2, 0.25) is 0 Å². The maximum Gasteiger partial charge on any atom is 0.408 e. The number of methoxy groups -OCH3 is 1. The van der Waals surface area contributed by atoms with Crippen molar-refractivity contribution in [2.75, 3.05) is 7.11 Å². The standard InChI is InChI=1S/C22H33N3O5S/c1-22(2,3)30-21(28)25-15(10-13-8-9-13)19(26)24-16(20(27)29-4)11-14-6-5-7-17-18(14)23-12-31-17/h12-16H,5-11H2,1-4H3,(H,24,26)(H,25,28)/t14?,15-,16?/m0/s1. The van der Waals surface area contributed by atoms with E-state index in [1.807, 2.05) is 5.51 Å². The number of hydrogen-bond acceptors (Lipinski definition) is 7. The number of ether oxygens (including phenoxy) is 2. The molecule has 172 valence electrons. The van der Waals surface area contributed by atoms with Gasteiger partial charge in [-0.15, -0.1) is 11.3 Å². The van der Waals surface area contributed by atoms with E-state index in [0.29, 0.717) is 18.8 Å². The lowest BCUT2D eigenvalue weighted by Crippen LogP contribution is -2.53. The van der Waals surface area contributed by atoms with Crippen LogP contribution in [0, 0.1) is 5.92 Å². The minimum absolute atomic E-state index is 0.0973. The molecule has 0 aromatic carbocycles. The van der Waals surface area contributed by atoms with Crippen molar-refractivity contribution in [3.8, 4) is 0 Å². The molecule has 0 aliphatic heterocycles. The molecule has 9 heteroatoms. The molecule has 8 nitrogen and oxygen atoms in total. The van der Waals surface area contributed by atoms with Gasteiger partial charge in [0, 0.05) is 10.8 Å². The molecule has 3 rings (SSSR count). The smallest absolute Gasteiger partial charge is 0.408 e. The van der Waals surface area contributed by atoms with Crippen LogP contribution in [0.25, 0.3) is 0 Å². The lowest BCUT2D eigenvalue weighted by molar-refractivity contribution is -0.145. The van der Waals surface area contributed by atoms with Crippen LogP contribution in [0.15, 0.2) is 5.51 Å². The summed E-state index contributed by atoms with van der Waals surface area (Å²) in [4.78, 5) is 43.6. The predicted octanol–water partition coefficient (Wildman–Crippen LogP) is 3.30. The highest BCUT2D eigenvalue weighted by molar-refractivity contribution is 7.09. The quantitative estimate of drug-likeness (QED) is 0.588. The summed E-state index contributed by atoms with van der Waals surface area (Å²) in [6.07, 6.45) is 5.35. The number of nitrogens with zero attached hydrogens (tertiary/aromatic N) is 1. The minimum Gasteiger partial charge on any atom is -0.467 e. The monoisotopic (exact) mass is 451 g/mol. The largest absolute Gasteiger partial charge is 0.467 e. The SMILES string of the molecule is COC(=O)C(CC1CCCc2scnc21)NC(=O)[C@H](CC1CC1)NC(=O)OC(C)(C)C. The van der Waals surface area contributed by atoms with Gasteiger partial charge in [-0.2, -0.15) is 0 Å². The van der Waals surface area contributed by atoms with Gasteiger partial charge in [0.15, 0.2) is 0 Å². The first kappa shape index (κ1) is 23.5. The number of aryl methyl sites for hydroxylation is 1. The summed E-state index contributed by atoms with van der Waals surface area (Å²) in [5.74, 6) is -0.376. The Bertz CT molecular complexity index is 799. The van der Waals surface area contributed by atoms with E-state index >= 15 is 0 Å². The highest BCUT2D eigenvalue weighted by Crippen LogP contribution is 2.36. The zero-order valence-electron chi connectivity index (χ0n) is 18.7. The average molecular weight is 452 g/mol. The third-order valence-corrected chi connectivity index (χ3v) is 6.52. The predicted molar refractivity (Wildman–Crippen MR) is 117 cm³/mol. The Morgan fingerprint density at radius 2 is 1.90 bits per heavy atom. The second-order valence-corrected chi connectivity index (χ2v) is 10.4. The van der Waals surface area contributed by atoms with Gasteiger partial charge in [0.25, 0.3) is 0 Å². The molecule has 1 aromatic rings. The van der Waals surface area contributed by atoms with Gasteiger partial charge in [-0.1, -0.05) is 12.8 Å². The van der Waals surface area contributed by atoms with Gasteiger partial charge in [0.2, 0.25) is 5.91 Å². The van der Waals surface area contributed by atoms with Crippen LogP contribution in [-0.4, -0.2) is 47.7 Å². The highest BCUT2D eigenvalue weighted by atomic mass is 32.1. The Kier molecular flexibility index (Phi) is 7.56. The molecule has 0 bridgehead atoms. The van der Waals surface area contributed by atoms with E-state index in [2.05, 4.69) is 15.6 Å². The molecule has 0 saturated heterocycles. The number of aromatic nitrogens is 1. The summed E-state index contributed by atoms with van der Waals surface area (Å²) < 4.78 is 10.3. The fourth-order valence-electron chi connectivity index (χ4n) is 3.96. The van der Waals surface area contributed by atoms with Crippen molar-refractivity contribution in [2.45, 2.75) is 89.3 Å². The fraction of sp³-hybridized carbons (Fsp3) is 0.727. The van der Waals surface area contributed by atoms with Gasteiger partial charge in [-0.05, 0) is 58.8 Å². The maximum absolute atomic E-state index is 13.1. The Hall–Kier alpha value is -2.16. The van der Waals surface area contributed by atoms with E-state index in [1.165, 1.54) is 12.0 Å². The van der Waals surface area contributed by atoms with E-state index in [9.17, 15) is 14.4 Å². The average Bonchev–Trinajstić information content (AvgIpc) is 3.37. The van der Waals surface area contributed by atoms with E-state index in [1.54, 1.807) is 32.1 Å². The Labute approximate surface area is 187 Å². The van der Waals surface area contributed by atoms with Crippen molar-refractivity contribution in [2.24, 2.45) is 5.92 Å². The van der Waals surface area contributed by atoms with Crippen LogP contribution in [0.1, 0.15) is 75.8 Å². The number of fused-ring (bicyclic) bond motifs is 1. The topological polar surface area (TPSA) is 107 Å². The first-order valence-corrected chi connectivity index (χ1v) is 11.8. The van der Waals surface area contributed by atoms with Crippen molar-refractivity contribution in [1.82, 2.24) is 15.6 Å². The molecule has 31 heavy (non-hydrogen) atoms.